The molecule has 1 aliphatic heterocycles. The zero-order valence-corrected chi connectivity index (χ0v) is 19.0. The third kappa shape index (κ3) is 5.31. The highest BCUT2D eigenvalue weighted by Gasteiger charge is 2.24. The normalized spacial score (nSPS) is 13.6. The summed E-state index contributed by atoms with van der Waals surface area (Å²) in [6, 6.07) is 13.6. The minimum atomic E-state index is -4.06. The zero-order valence-electron chi connectivity index (χ0n) is 18.1. The molecular formula is C23H22N2O8S. The largest absolute Gasteiger partial charge is 0.486 e. The van der Waals surface area contributed by atoms with Gasteiger partial charge in [0.25, 0.3) is 15.9 Å². The Morgan fingerprint density at radius 2 is 1.79 bits per heavy atom. The van der Waals surface area contributed by atoms with E-state index in [1.54, 1.807) is 24.3 Å². The Bertz CT molecular complexity index is 1290. The average Bonchev–Trinajstić information content (AvgIpc) is 3.36. The van der Waals surface area contributed by atoms with Crippen LogP contribution >= 0.6 is 0 Å². The molecule has 11 heteroatoms. The van der Waals surface area contributed by atoms with Gasteiger partial charge in [-0.15, -0.1) is 0 Å². The maximum absolute atomic E-state index is 13.0. The van der Waals surface area contributed by atoms with Crippen LogP contribution in [0.15, 0.2) is 70.2 Å². The summed E-state index contributed by atoms with van der Waals surface area (Å²) in [5.74, 6) is -0.0734. The molecule has 4 rings (SSSR count). The number of esters is 1. The zero-order chi connectivity index (χ0) is 24.1. The van der Waals surface area contributed by atoms with Gasteiger partial charge in [0.1, 0.15) is 19.0 Å². The number of furan rings is 1. The van der Waals surface area contributed by atoms with Crippen molar-refractivity contribution in [2.45, 2.75) is 24.5 Å². The van der Waals surface area contributed by atoms with E-state index in [0.29, 0.717) is 30.5 Å². The predicted octanol–water partition coefficient (Wildman–Crippen LogP) is 2.71. The van der Waals surface area contributed by atoms with Crippen molar-refractivity contribution in [3.8, 4) is 11.5 Å². The molecule has 1 atom stereocenters. The lowest BCUT2D eigenvalue weighted by atomic mass is 10.2. The van der Waals surface area contributed by atoms with Crippen LogP contribution in [0.4, 0.5) is 5.69 Å². The number of hydrogen-bond donors (Lipinski definition) is 2. The van der Waals surface area contributed by atoms with Crippen LogP contribution in [0.25, 0.3) is 0 Å². The summed E-state index contributed by atoms with van der Waals surface area (Å²) in [5.41, 5.74) is -0.0418. The topological polar surface area (TPSA) is 133 Å². The second kappa shape index (κ2) is 9.87. The van der Waals surface area contributed by atoms with E-state index in [1.807, 2.05) is 0 Å². The van der Waals surface area contributed by atoms with Crippen molar-refractivity contribution in [2.24, 2.45) is 0 Å². The Labute approximate surface area is 195 Å². The number of ether oxygens (including phenoxy) is 3. The van der Waals surface area contributed by atoms with Crippen LogP contribution in [0.2, 0.25) is 0 Å². The van der Waals surface area contributed by atoms with Crippen molar-refractivity contribution in [3.05, 3.63) is 72.2 Å². The van der Waals surface area contributed by atoms with Gasteiger partial charge in [0.2, 0.25) is 0 Å². The first-order valence-corrected chi connectivity index (χ1v) is 11.8. The van der Waals surface area contributed by atoms with E-state index in [9.17, 15) is 18.0 Å². The summed E-state index contributed by atoms with van der Waals surface area (Å²) >= 11 is 0. The van der Waals surface area contributed by atoms with Crippen LogP contribution < -0.4 is 19.5 Å². The van der Waals surface area contributed by atoms with Crippen molar-refractivity contribution in [3.63, 3.8) is 0 Å². The van der Waals surface area contributed by atoms with Gasteiger partial charge in [0, 0.05) is 6.07 Å². The maximum atomic E-state index is 13.0. The molecule has 0 fully saturated rings. The van der Waals surface area contributed by atoms with Gasteiger partial charge in [-0.25, -0.2) is 13.2 Å². The van der Waals surface area contributed by atoms with Crippen LogP contribution in [0.5, 0.6) is 11.5 Å². The van der Waals surface area contributed by atoms with Crippen LogP contribution in [0.1, 0.15) is 23.0 Å². The summed E-state index contributed by atoms with van der Waals surface area (Å²) < 4.78 is 49.6. The van der Waals surface area contributed by atoms with Gasteiger partial charge in [-0.3, -0.25) is 9.52 Å². The third-order valence-corrected chi connectivity index (χ3v) is 6.25. The van der Waals surface area contributed by atoms with Gasteiger partial charge >= 0.3 is 5.97 Å². The lowest BCUT2D eigenvalue weighted by molar-refractivity contribution is -0.129. The van der Waals surface area contributed by atoms with Gasteiger partial charge in [-0.2, -0.15) is 0 Å². The molecule has 0 bridgehead atoms. The monoisotopic (exact) mass is 486 g/mol. The first-order valence-electron chi connectivity index (χ1n) is 10.4. The van der Waals surface area contributed by atoms with E-state index in [-0.39, 0.29) is 22.7 Å². The molecule has 0 aliphatic carbocycles. The molecule has 1 amide bonds. The van der Waals surface area contributed by atoms with Crippen LogP contribution in [-0.4, -0.2) is 39.6 Å². The second-order valence-corrected chi connectivity index (χ2v) is 8.98. The molecule has 10 nitrogen and oxygen atoms in total. The van der Waals surface area contributed by atoms with E-state index >= 15 is 0 Å². The highest BCUT2D eigenvalue weighted by atomic mass is 32.2. The quantitative estimate of drug-likeness (QED) is 0.465. The molecule has 1 aliphatic rings. The highest BCUT2D eigenvalue weighted by Crippen LogP contribution is 2.33. The van der Waals surface area contributed by atoms with Crippen LogP contribution in [0, 0.1) is 0 Å². The number of nitrogens with one attached hydrogen (secondary N) is 2. The molecule has 178 valence electrons. The summed E-state index contributed by atoms with van der Waals surface area (Å²) in [6.07, 6.45) is 0.360. The number of fused-ring (bicyclic) bond motifs is 1. The summed E-state index contributed by atoms with van der Waals surface area (Å²) in [4.78, 5) is 24.9. The third-order valence-electron chi connectivity index (χ3n) is 4.89. The number of benzene rings is 2. The molecule has 0 saturated carbocycles. The first-order chi connectivity index (χ1) is 16.3. The summed E-state index contributed by atoms with van der Waals surface area (Å²) in [7, 11) is -4.06. The molecule has 2 N–H and O–H groups in total. The molecule has 1 unspecified atom stereocenters. The number of sulfonamides is 1. The first kappa shape index (κ1) is 23.2. The Kier molecular flexibility index (Phi) is 6.73. The van der Waals surface area contributed by atoms with Gasteiger partial charge in [0.15, 0.2) is 17.6 Å². The smallest absolute Gasteiger partial charge is 0.341 e. The van der Waals surface area contributed by atoms with Gasteiger partial charge in [-0.05, 0) is 43.3 Å². The Balaban J connectivity index is 1.45. The highest BCUT2D eigenvalue weighted by molar-refractivity contribution is 7.92. The number of amides is 1. The number of para-hydroxylation sites is 1. The van der Waals surface area contributed by atoms with Gasteiger partial charge in [-0.1, -0.05) is 12.1 Å². The van der Waals surface area contributed by atoms with E-state index in [0.717, 1.165) is 0 Å². The van der Waals surface area contributed by atoms with Crippen molar-refractivity contribution in [2.75, 3.05) is 17.9 Å². The molecular weight excluding hydrogens is 464 g/mol. The van der Waals surface area contributed by atoms with E-state index in [1.165, 1.54) is 43.5 Å². The summed E-state index contributed by atoms with van der Waals surface area (Å²) in [5, 5.41) is 2.60. The molecule has 1 aromatic heterocycles. The number of hydrogen-bond acceptors (Lipinski definition) is 8. The van der Waals surface area contributed by atoms with Crippen molar-refractivity contribution < 1.29 is 36.6 Å². The van der Waals surface area contributed by atoms with E-state index < -0.39 is 28.0 Å². The standard InChI is InChI=1S/C23H22N2O8S/c1-15(22(26)24-14-16-5-4-10-30-16)33-23(27)18-6-2-3-7-19(18)25-34(28,29)17-8-9-20-21(13-17)32-12-11-31-20/h2-10,13,15,25H,11-12,14H2,1H3,(H,24,26). The molecule has 2 aromatic carbocycles. The Morgan fingerprint density at radius 3 is 2.56 bits per heavy atom. The number of carbonyl (C=O) groups is 2. The molecule has 2 heterocycles. The second-order valence-electron chi connectivity index (χ2n) is 7.30. The summed E-state index contributed by atoms with van der Waals surface area (Å²) in [6.45, 7) is 2.25. The molecule has 34 heavy (non-hydrogen) atoms. The van der Waals surface area contributed by atoms with Crippen LogP contribution in [-0.2, 0) is 26.1 Å². The predicted molar refractivity (Wildman–Crippen MR) is 120 cm³/mol. The minimum Gasteiger partial charge on any atom is -0.486 e. The van der Waals surface area contributed by atoms with E-state index in [4.69, 9.17) is 18.6 Å². The molecule has 0 saturated heterocycles. The van der Waals surface area contributed by atoms with Crippen molar-refractivity contribution in [1.29, 1.82) is 0 Å². The number of rotatable bonds is 8. The van der Waals surface area contributed by atoms with E-state index in [2.05, 4.69) is 10.0 Å². The number of anilines is 1. The lowest BCUT2D eigenvalue weighted by Gasteiger charge is -2.19. The van der Waals surface area contributed by atoms with Gasteiger partial charge in [0.05, 0.1) is 29.0 Å². The van der Waals surface area contributed by atoms with Gasteiger partial charge < -0.3 is 23.9 Å². The molecule has 0 radical (unpaired) electrons. The Hall–Kier alpha value is -3.99. The molecule has 0 spiro atoms. The fraction of sp³-hybridized carbons (Fsp3) is 0.217. The number of carbonyl (C=O) groups excluding carboxylic acids is 2. The fourth-order valence-electron chi connectivity index (χ4n) is 3.15. The van der Waals surface area contributed by atoms with Crippen molar-refractivity contribution >= 4 is 27.6 Å². The SMILES string of the molecule is CC(OC(=O)c1ccccc1NS(=O)(=O)c1ccc2c(c1)OCCO2)C(=O)NCc1ccco1. The maximum Gasteiger partial charge on any atom is 0.341 e. The molecule has 3 aromatic rings. The van der Waals surface area contributed by atoms with Crippen molar-refractivity contribution in [1.82, 2.24) is 5.32 Å². The lowest BCUT2D eigenvalue weighted by Crippen LogP contribution is -2.35. The Morgan fingerprint density at radius 1 is 1.03 bits per heavy atom. The van der Waals surface area contributed by atoms with Crippen LogP contribution in [0.3, 0.4) is 0 Å². The minimum absolute atomic E-state index is 0.00517. The average molecular weight is 487 g/mol. The fourth-order valence-corrected chi connectivity index (χ4v) is 4.25.